The van der Waals surface area contributed by atoms with Crippen LogP contribution in [0.2, 0.25) is 0 Å². The predicted octanol–water partition coefficient (Wildman–Crippen LogP) is 3.64. The van der Waals surface area contributed by atoms with E-state index in [0.717, 1.165) is 41.4 Å². The molecule has 1 aliphatic heterocycles. The fourth-order valence-electron chi connectivity index (χ4n) is 2.64. The van der Waals surface area contributed by atoms with Crippen LogP contribution in [0.25, 0.3) is 0 Å². The summed E-state index contributed by atoms with van der Waals surface area (Å²) in [7, 11) is 3.28. The Hall–Kier alpha value is -2.69. The number of rotatable bonds is 7. The van der Waals surface area contributed by atoms with Crippen LogP contribution in [0.1, 0.15) is 17.5 Å². The van der Waals surface area contributed by atoms with Gasteiger partial charge in [-0.2, -0.15) is 0 Å². The van der Waals surface area contributed by atoms with E-state index < -0.39 is 0 Å². The number of ether oxygens (including phenoxy) is 4. The zero-order valence-corrected chi connectivity index (χ0v) is 14.0. The highest BCUT2D eigenvalue weighted by atomic mass is 16.7. The number of hydrogen-bond donors (Lipinski definition) is 0. The molecule has 0 saturated heterocycles. The first-order valence-corrected chi connectivity index (χ1v) is 7.88. The number of hydrogen-bond acceptors (Lipinski definition) is 5. The summed E-state index contributed by atoms with van der Waals surface area (Å²) in [6, 6.07) is 11.9. The van der Waals surface area contributed by atoms with Gasteiger partial charge < -0.3 is 18.9 Å². The predicted molar refractivity (Wildman–Crippen MR) is 92.6 cm³/mol. The van der Waals surface area contributed by atoms with Crippen molar-refractivity contribution in [2.24, 2.45) is 4.99 Å². The molecule has 0 N–H and O–H groups in total. The molecule has 5 heteroatoms. The molecule has 0 aromatic heterocycles. The molecule has 0 atom stereocenters. The number of para-hydroxylation sites is 1. The zero-order chi connectivity index (χ0) is 16.8. The second-order valence-electron chi connectivity index (χ2n) is 5.40. The van der Waals surface area contributed by atoms with Crippen LogP contribution < -0.4 is 18.9 Å². The van der Waals surface area contributed by atoms with Gasteiger partial charge in [0.1, 0.15) is 0 Å². The van der Waals surface area contributed by atoms with E-state index in [9.17, 15) is 0 Å². The lowest BCUT2D eigenvalue weighted by Gasteiger charge is -2.08. The topological polar surface area (TPSA) is 49.3 Å². The van der Waals surface area contributed by atoms with Crippen molar-refractivity contribution in [3.63, 3.8) is 0 Å². The van der Waals surface area contributed by atoms with Gasteiger partial charge in [-0.1, -0.05) is 18.2 Å². The van der Waals surface area contributed by atoms with Crippen molar-refractivity contribution in [1.29, 1.82) is 0 Å². The molecule has 0 unspecified atom stereocenters. The molecule has 0 bridgehead atoms. The molecule has 0 radical (unpaired) electrons. The molecule has 3 rings (SSSR count). The van der Waals surface area contributed by atoms with Gasteiger partial charge in [-0.05, 0) is 42.8 Å². The van der Waals surface area contributed by atoms with E-state index in [2.05, 4.69) is 4.99 Å². The molecule has 2 aromatic carbocycles. The average molecular weight is 327 g/mol. The van der Waals surface area contributed by atoms with E-state index >= 15 is 0 Å². The van der Waals surface area contributed by atoms with Gasteiger partial charge in [0.05, 0.1) is 20.8 Å². The Morgan fingerprint density at radius 2 is 1.96 bits per heavy atom. The summed E-state index contributed by atoms with van der Waals surface area (Å²) in [4.78, 5) is 4.49. The van der Waals surface area contributed by atoms with Gasteiger partial charge >= 0.3 is 0 Å². The Morgan fingerprint density at radius 3 is 2.79 bits per heavy atom. The van der Waals surface area contributed by atoms with E-state index in [0.29, 0.717) is 6.54 Å². The van der Waals surface area contributed by atoms with E-state index in [1.54, 1.807) is 14.2 Å². The summed E-state index contributed by atoms with van der Waals surface area (Å²) in [6.45, 7) is 0.883. The highest BCUT2D eigenvalue weighted by molar-refractivity contribution is 5.58. The third-order valence-corrected chi connectivity index (χ3v) is 3.88. The van der Waals surface area contributed by atoms with Crippen LogP contribution >= 0.6 is 0 Å². The monoisotopic (exact) mass is 327 g/mol. The zero-order valence-electron chi connectivity index (χ0n) is 14.0. The largest absolute Gasteiger partial charge is 0.493 e. The van der Waals surface area contributed by atoms with Gasteiger partial charge in [0.2, 0.25) is 6.79 Å². The SMILES string of the molecule is COc1ccc(CCC=NCc2cccc3c2OCO3)cc1OC. The van der Waals surface area contributed by atoms with Gasteiger partial charge in [-0.25, -0.2) is 0 Å². The number of benzene rings is 2. The first-order chi connectivity index (χ1) is 11.8. The van der Waals surface area contributed by atoms with Gasteiger partial charge in [0, 0.05) is 5.56 Å². The smallest absolute Gasteiger partial charge is 0.231 e. The molecule has 1 heterocycles. The Labute approximate surface area is 141 Å². The van der Waals surface area contributed by atoms with Gasteiger partial charge in [0.25, 0.3) is 0 Å². The summed E-state index contributed by atoms with van der Waals surface area (Å²) in [5.74, 6) is 3.11. The van der Waals surface area contributed by atoms with Gasteiger partial charge in [-0.3, -0.25) is 4.99 Å². The first kappa shape index (κ1) is 16.2. The summed E-state index contributed by atoms with van der Waals surface area (Å²) in [5, 5.41) is 0. The van der Waals surface area contributed by atoms with Crippen LogP contribution in [0, 0.1) is 0 Å². The van der Waals surface area contributed by atoms with Crippen LogP contribution in [-0.2, 0) is 13.0 Å². The van der Waals surface area contributed by atoms with Crippen LogP contribution in [0.4, 0.5) is 0 Å². The van der Waals surface area contributed by atoms with E-state index in [-0.39, 0.29) is 6.79 Å². The molecule has 5 nitrogen and oxygen atoms in total. The first-order valence-electron chi connectivity index (χ1n) is 7.88. The standard InChI is InChI=1S/C19H21NO4/c1-21-16-9-8-14(11-18(16)22-2)5-4-10-20-12-15-6-3-7-17-19(15)24-13-23-17/h3,6-11H,4-5,12-13H2,1-2H3. The van der Waals surface area contributed by atoms with Crippen LogP contribution in [0.5, 0.6) is 23.0 Å². The second kappa shape index (κ2) is 7.73. The lowest BCUT2D eigenvalue weighted by Crippen LogP contribution is -1.94. The maximum atomic E-state index is 5.48. The molecule has 24 heavy (non-hydrogen) atoms. The Balaban J connectivity index is 1.53. The van der Waals surface area contributed by atoms with Crippen LogP contribution in [0.15, 0.2) is 41.4 Å². The number of nitrogens with zero attached hydrogens (tertiary/aromatic N) is 1. The molecule has 2 aromatic rings. The van der Waals surface area contributed by atoms with E-state index in [1.165, 1.54) is 5.56 Å². The summed E-state index contributed by atoms with van der Waals surface area (Å²) >= 11 is 0. The summed E-state index contributed by atoms with van der Waals surface area (Å²) < 4.78 is 21.4. The number of aryl methyl sites for hydroxylation is 1. The van der Waals surface area contributed by atoms with E-state index in [4.69, 9.17) is 18.9 Å². The molecule has 126 valence electrons. The van der Waals surface area contributed by atoms with Crippen LogP contribution in [0.3, 0.4) is 0 Å². The normalized spacial score (nSPS) is 12.6. The molecular formula is C19H21NO4. The maximum absolute atomic E-state index is 5.48. The summed E-state index contributed by atoms with van der Waals surface area (Å²) in [5.41, 5.74) is 2.24. The number of aliphatic imine (C=N–C) groups is 1. The minimum absolute atomic E-state index is 0.287. The van der Waals surface area contributed by atoms with Crippen molar-refractivity contribution in [3.8, 4) is 23.0 Å². The van der Waals surface area contributed by atoms with Gasteiger partial charge in [0.15, 0.2) is 23.0 Å². The fourth-order valence-corrected chi connectivity index (χ4v) is 2.64. The van der Waals surface area contributed by atoms with Crippen molar-refractivity contribution in [2.75, 3.05) is 21.0 Å². The molecule has 1 aliphatic rings. The molecule has 0 amide bonds. The second-order valence-corrected chi connectivity index (χ2v) is 5.40. The lowest BCUT2D eigenvalue weighted by atomic mass is 10.1. The summed E-state index contributed by atoms with van der Waals surface area (Å²) in [6.07, 6.45) is 3.71. The highest BCUT2D eigenvalue weighted by Gasteiger charge is 2.16. The van der Waals surface area contributed by atoms with E-state index in [1.807, 2.05) is 42.6 Å². The third-order valence-electron chi connectivity index (χ3n) is 3.88. The Bertz CT molecular complexity index is 727. The quantitative estimate of drug-likeness (QED) is 0.729. The van der Waals surface area contributed by atoms with Crippen molar-refractivity contribution in [2.45, 2.75) is 19.4 Å². The van der Waals surface area contributed by atoms with Crippen molar-refractivity contribution in [1.82, 2.24) is 0 Å². The number of fused-ring (bicyclic) bond motifs is 1. The van der Waals surface area contributed by atoms with Crippen molar-refractivity contribution >= 4 is 6.21 Å². The third kappa shape index (κ3) is 3.62. The average Bonchev–Trinajstić information content (AvgIpc) is 3.10. The van der Waals surface area contributed by atoms with Crippen LogP contribution in [-0.4, -0.2) is 27.2 Å². The Morgan fingerprint density at radius 1 is 1.08 bits per heavy atom. The molecule has 0 spiro atoms. The molecular weight excluding hydrogens is 306 g/mol. The molecule has 0 aliphatic carbocycles. The fraction of sp³-hybridized carbons (Fsp3) is 0.316. The van der Waals surface area contributed by atoms with Gasteiger partial charge in [-0.15, -0.1) is 0 Å². The van der Waals surface area contributed by atoms with Crippen molar-refractivity contribution < 1.29 is 18.9 Å². The molecule has 0 fully saturated rings. The maximum Gasteiger partial charge on any atom is 0.231 e. The minimum Gasteiger partial charge on any atom is -0.493 e. The lowest BCUT2D eigenvalue weighted by molar-refractivity contribution is 0.173. The Kier molecular flexibility index (Phi) is 5.21. The molecule has 0 saturated carbocycles. The highest BCUT2D eigenvalue weighted by Crippen LogP contribution is 2.35. The minimum atomic E-state index is 0.287. The number of methoxy groups -OCH3 is 2. The van der Waals surface area contributed by atoms with Crippen molar-refractivity contribution in [3.05, 3.63) is 47.5 Å².